The lowest BCUT2D eigenvalue weighted by Crippen LogP contribution is -2.40. The Morgan fingerprint density at radius 3 is 2.24 bits per heavy atom. The summed E-state index contributed by atoms with van der Waals surface area (Å²) in [6.45, 7) is 2.22. The second-order valence-corrected chi connectivity index (χ2v) is 8.31. The maximum atomic E-state index is 12.9. The van der Waals surface area contributed by atoms with Crippen molar-refractivity contribution in [1.29, 1.82) is 0 Å². The molecule has 0 atom stereocenters. The maximum Gasteiger partial charge on any atom is 0.416 e. The van der Waals surface area contributed by atoms with Gasteiger partial charge in [-0.1, -0.05) is 23.1 Å². The molecule has 5 rings (SSSR count). The molecule has 0 N–H and O–H groups in total. The summed E-state index contributed by atoms with van der Waals surface area (Å²) in [6, 6.07) is 18.9. The number of alkyl halides is 3. The van der Waals surface area contributed by atoms with Crippen molar-refractivity contribution in [2.75, 3.05) is 26.3 Å². The fourth-order valence-corrected chi connectivity index (χ4v) is 3.78. The second kappa shape index (κ2) is 10.3. The van der Waals surface area contributed by atoms with Crippen LogP contribution in [0, 0.1) is 11.8 Å². The summed E-state index contributed by atoms with van der Waals surface area (Å²) in [6.07, 6.45) is -4.41. The third-order valence-electron chi connectivity index (χ3n) is 5.79. The molecule has 0 bridgehead atoms. The van der Waals surface area contributed by atoms with Crippen LogP contribution in [0.5, 0.6) is 0 Å². The molecule has 9 heteroatoms. The van der Waals surface area contributed by atoms with Gasteiger partial charge in [-0.25, -0.2) is 0 Å². The van der Waals surface area contributed by atoms with E-state index in [9.17, 15) is 18.0 Å². The number of amides is 1. The first-order chi connectivity index (χ1) is 17.9. The Kier molecular flexibility index (Phi) is 6.75. The van der Waals surface area contributed by atoms with Crippen LogP contribution in [-0.4, -0.2) is 47.3 Å². The molecule has 6 nitrogen and oxygen atoms in total. The monoisotopic (exact) mass is 503 g/mol. The smallest absolute Gasteiger partial charge is 0.378 e. The molecular formula is C28H20F3N3O3. The lowest BCUT2D eigenvalue weighted by molar-refractivity contribution is -0.137. The highest BCUT2D eigenvalue weighted by Gasteiger charge is 2.30. The van der Waals surface area contributed by atoms with Crippen molar-refractivity contribution in [3.63, 3.8) is 0 Å². The Morgan fingerprint density at radius 1 is 0.865 bits per heavy atom. The van der Waals surface area contributed by atoms with Crippen LogP contribution in [0.2, 0.25) is 0 Å². The van der Waals surface area contributed by atoms with E-state index in [0.717, 1.165) is 12.1 Å². The number of ether oxygens (including phenoxy) is 1. The van der Waals surface area contributed by atoms with Gasteiger partial charge in [-0.3, -0.25) is 4.79 Å². The molecule has 1 aliphatic heterocycles. The lowest BCUT2D eigenvalue weighted by Gasteiger charge is -2.26. The van der Waals surface area contributed by atoms with Crippen LogP contribution in [0.25, 0.3) is 22.8 Å². The molecule has 1 aliphatic rings. The van der Waals surface area contributed by atoms with E-state index in [4.69, 9.17) is 9.26 Å². The summed E-state index contributed by atoms with van der Waals surface area (Å²) in [7, 11) is 0. The van der Waals surface area contributed by atoms with Crippen molar-refractivity contribution in [3.8, 4) is 34.7 Å². The Bertz CT molecular complexity index is 1460. The molecule has 37 heavy (non-hydrogen) atoms. The molecule has 4 aromatic rings. The van der Waals surface area contributed by atoms with Crippen molar-refractivity contribution in [1.82, 2.24) is 15.0 Å². The van der Waals surface area contributed by atoms with Crippen LogP contribution < -0.4 is 0 Å². The molecule has 1 fully saturated rings. The second-order valence-electron chi connectivity index (χ2n) is 8.31. The molecule has 0 saturated carbocycles. The van der Waals surface area contributed by atoms with Crippen LogP contribution in [0.4, 0.5) is 13.2 Å². The van der Waals surface area contributed by atoms with E-state index in [1.54, 1.807) is 53.4 Å². The first-order valence-corrected chi connectivity index (χ1v) is 11.5. The Hall–Kier alpha value is -4.42. The highest BCUT2D eigenvalue weighted by Crippen LogP contribution is 2.29. The van der Waals surface area contributed by atoms with Gasteiger partial charge in [-0.05, 0) is 66.7 Å². The van der Waals surface area contributed by atoms with Gasteiger partial charge in [-0.2, -0.15) is 18.2 Å². The minimum Gasteiger partial charge on any atom is -0.378 e. The van der Waals surface area contributed by atoms with Crippen molar-refractivity contribution in [3.05, 3.63) is 95.1 Å². The van der Waals surface area contributed by atoms with Crippen molar-refractivity contribution >= 4 is 5.91 Å². The van der Waals surface area contributed by atoms with Crippen LogP contribution in [0.1, 0.15) is 27.0 Å². The standard InChI is InChI=1S/C28H20F3N3O3/c29-28(30,31)24-3-1-2-20(18-24)5-4-19-6-8-21(9-7-19)25-32-26(37-33-25)22-10-12-23(13-11-22)27(35)34-14-16-36-17-15-34/h1-3,6-13,18H,14-17H2. The zero-order chi connectivity index (χ0) is 25.8. The average molecular weight is 503 g/mol. The average Bonchev–Trinajstić information content (AvgIpc) is 3.42. The number of aromatic nitrogens is 2. The van der Waals surface area contributed by atoms with Crippen LogP contribution in [-0.2, 0) is 10.9 Å². The fraction of sp³-hybridized carbons (Fsp3) is 0.179. The van der Waals surface area contributed by atoms with E-state index in [2.05, 4.69) is 22.0 Å². The number of hydrogen-bond acceptors (Lipinski definition) is 5. The normalized spacial score (nSPS) is 13.6. The van der Waals surface area contributed by atoms with Gasteiger partial charge in [0.15, 0.2) is 0 Å². The minimum absolute atomic E-state index is 0.0442. The predicted molar refractivity (Wildman–Crippen MR) is 129 cm³/mol. The fourth-order valence-electron chi connectivity index (χ4n) is 3.78. The largest absolute Gasteiger partial charge is 0.416 e. The van der Waals surface area contributed by atoms with E-state index in [1.165, 1.54) is 12.1 Å². The summed E-state index contributed by atoms with van der Waals surface area (Å²) < 4.78 is 49.3. The molecule has 0 radical (unpaired) electrons. The third kappa shape index (κ3) is 5.71. The molecule has 1 saturated heterocycles. The molecule has 1 amide bonds. The van der Waals surface area contributed by atoms with E-state index < -0.39 is 11.7 Å². The Labute approximate surface area is 210 Å². The van der Waals surface area contributed by atoms with Gasteiger partial charge in [0.05, 0.1) is 18.8 Å². The predicted octanol–water partition coefficient (Wildman–Crippen LogP) is 5.29. The highest BCUT2D eigenvalue weighted by molar-refractivity contribution is 5.94. The topological polar surface area (TPSA) is 68.5 Å². The van der Waals surface area contributed by atoms with Crippen LogP contribution in [0.3, 0.4) is 0 Å². The zero-order valence-corrected chi connectivity index (χ0v) is 19.5. The summed E-state index contributed by atoms with van der Waals surface area (Å²) in [4.78, 5) is 18.8. The number of nitrogens with zero attached hydrogens (tertiary/aromatic N) is 3. The molecule has 2 heterocycles. The minimum atomic E-state index is -4.41. The SMILES string of the molecule is O=C(c1ccc(-c2nc(-c3ccc(C#Cc4cccc(C(F)(F)F)c4)cc3)no2)cc1)N1CCOCC1. The number of rotatable bonds is 3. The Morgan fingerprint density at radius 2 is 1.54 bits per heavy atom. The molecule has 3 aromatic carbocycles. The number of halogens is 3. The maximum absolute atomic E-state index is 12.9. The van der Waals surface area contributed by atoms with E-state index >= 15 is 0 Å². The van der Waals surface area contributed by atoms with Crippen molar-refractivity contribution in [2.24, 2.45) is 0 Å². The summed E-state index contributed by atoms with van der Waals surface area (Å²) in [5, 5.41) is 4.03. The first-order valence-electron chi connectivity index (χ1n) is 11.5. The highest BCUT2D eigenvalue weighted by atomic mass is 19.4. The molecule has 186 valence electrons. The first kappa shape index (κ1) is 24.3. The number of carbonyl (C=O) groups excluding carboxylic acids is 1. The summed E-state index contributed by atoms with van der Waals surface area (Å²) >= 11 is 0. The van der Waals surface area contributed by atoms with E-state index in [1.807, 2.05) is 0 Å². The quantitative estimate of drug-likeness (QED) is 0.355. The molecule has 0 aliphatic carbocycles. The number of morpholine rings is 1. The lowest BCUT2D eigenvalue weighted by atomic mass is 10.1. The molecule has 0 unspecified atom stereocenters. The van der Waals surface area contributed by atoms with Gasteiger partial charge in [0.2, 0.25) is 5.82 Å². The van der Waals surface area contributed by atoms with Crippen molar-refractivity contribution in [2.45, 2.75) is 6.18 Å². The van der Waals surface area contributed by atoms with Gasteiger partial charge in [0.25, 0.3) is 11.8 Å². The third-order valence-corrected chi connectivity index (χ3v) is 5.79. The molecule has 1 aromatic heterocycles. The van der Waals surface area contributed by atoms with Crippen LogP contribution in [0.15, 0.2) is 77.3 Å². The molecule has 0 spiro atoms. The van der Waals surface area contributed by atoms with Gasteiger partial charge < -0.3 is 14.2 Å². The van der Waals surface area contributed by atoms with Crippen LogP contribution >= 0.6 is 0 Å². The van der Waals surface area contributed by atoms with E-state index in [0.29, 0.717) is 60.3 Å². The van der Waals surface area contributed by atoms with Gasteiger partial charge in [0.1, 0.15) is 0 Å². The van der Waals surface area contributed by atoms with Gasteiger partial charge >= 0.3 is 6.18 Å². The summed E-state index contributed by atoms with van der Waals surface area (Å²) in [5.74, 6) is 6.27. The number of benzene rings is 3. The van der Waals surface area contributed by atoms with Gasteiger partial charge in [-0.15, -0.1) is 0 Å². The summed E-state index contributed by atoms with van der Waals surface area (Å²) in [5.41, 5.74) is 2.12. The van der Waals surface area contributed by atoms with Gasteiger partial charge in [0, 0.05) is 40.9 Å². The molecular weight excluding hydrogens is 483 g/mol. The van der Waals surface area contributed by atoms with E-state index in [-0.39, 0.29) is 11.5 Å². The Balaban J connectivity index is 1.27. The number of hydrogen-bond donors (Lipinski definition) is 0. The number of carbonyl (C=O) groups is 1. The zero-order valence-electron chi connectivity index (χ0n) is 19.5. The van der Waals surface area contributed by atoms with Crippen molar-refractivity contribution < 1.29 is 27.2 Å².